The molecule has 0 aliphatic rings. The van der Waals surface area contributed by atoms with Gasteiger partial charge in [0.2, 0.25) is 0 Å². The fourth-order valence-electron chi connectivity index (χ4n) is 1.45. The lowest BCUT2D eigenvalue weighted by atomic mass is 10.00. The molecule has 0 atom stereocenters. The van der Waals surface area contributed by atoms with E-state index in [1.807, 2.05) is 12.1 Å². The lowest BCUT2D eigenvalue weighted by molar-refractivity contribution is 1.31. The summed E-state index contributed by atoms with van der Waals surface area (Å²) in [5, 5.41) is 17.9. The summed E-state index contributed by atoms with van der Waals surface area (Å²) in [5.41, 5.74) is 2.04. The lowest BCUT2D eigenvalue weighted by Gasteiger charge is -2.03. The summed E-state index contributed by atoms with van der Waals surface area (Å²) in [7, 11) is 0. The highest BCUT2D eigenvalue weighted by atomic mass is 14.7. The molecule has 0 aliphatic heterocycles. The first-order valence-corrected chi connectivity index (χ1v) is 4.62. The van der Waals surface area contributed by atoms with E-state index >= 15 is 0 Å². The van der Waals surface area contributed by atoms with E-state index in [2.05, 4.69) is 11.1 Å². The van der Waals surface area contributed by atoms with E-state index in [-0.39, 0.29) is 0 Å². The van der Waals surface area contributed by atoms with Crippen LogP contribution in [0, 0.1) is 28.7 Å². The van der Waals surface area contributed by atoms with Crippen molar-refractivity contribution in [3.8, 4) is 23.4 Å². The monoisotopic (exact) mass is 204 g/mol. The van der Waals surface area contributed by atoms with Gasteiger partial charge in [0.15, 0.2) is 0 Å². The van der Waals surface area contributed by atoms with Crippen molar-refractivity contribution in [2.24, 2.45) is 0 Å². The zero-order chi connectivity index (χ0) is 11.4. The maximum absolute atomic E-state index is 9.05. The molecule has 0 fully saturated rings. The van der Waals surface area contributed by atoms with Gasteiger partial charge in [0.25, 0.3) is 0 Å². The van der Waals surface area contributed by atoms with Crippen LogP contribution in [0.3, 0.4) is 0 Å². The number of pyridine rings is 1. The van der Waals surface area contributed by atoms with E-state index in [0.29, 0.717) is 22.4 Å². The molecule has 1 aromatic carbocycles. The number of rotatable bonds is 1. The molecule has 0 aliphatic carbocycles. The first-order valence-electron chi connectivity index (χ1n) is 4.62. The van der Waals surface area contributed by atoms with Crippen LogP contribution in [0.5, 0.6) is 0 Å². The summed E-state index contributed by atoms with van der Waals surface area (Å²) >= 11 is 0. The van der Waals surface area contributed by atoms with Gasteiger partial charge in [-0.3, -0.25) is 4.98 Å². The van der Waals surface area contributed by atoms with Gasteiger partial charge in [0, 0.05) is 11.8 Å². The van der Waals surface area contributed by atoms with Crippen LogP contribution < -0.4 is 0 Å². The highest BCUT2D eigenvalue weighted by Crippen LogP contribution is 2.23. The number of nitrogens with zero attached hydrogens (tertiary/aromatic N) is 3. The van der Waals surface area contributed by atoms with Gasteiger partial charge in [0.05, 0.1) is 16.8 Å². The summed E-state index contributed by atoms with van der Waals surface area (Å²) in [5.74, 6) is 0. The summed E-state index contributed by atoms with van der Waals surface area (Å²) < 4.78 is 0. The number of nitriles is 2. The molecule has 1 radical (unpaired) electrons. The fourth-order valence-corrected chi connectivity index (χ4v) is 1.45. The first kappa shape index (κ1) is 9.89. The number of hydrogen-bond donors (Lipinski definition) is 0. The van der Waals surface area contributed by atoms with Gasteiger partial charge in [-0.2, -0.15) is 10.5 Å². The second-order valence-electron chi connectivity index (χ2n) is 3.09. The predicted octanol–water partition coefficient (Wildman–Crippen LogP) is 2.29. The van der Waals surface area contributed by atoms with Crippen LogP contribution >= 0.6 is 0 Å². The summed E-state index contributed by atoms with van der Waals surface area (Å²) in [6.45, 7) is 0. The Bertz CT molecular complexity index is 589. The van der Waals surface area contributed by atoms with E-state index in [1.54, 1.807) is 36.5 Å². The minimum Gasteiger partial charge on any atom is -0.256 e. The fraction of sp³-hybridized carbons (Fsp3) is 0. The Morgan fingerprint density at radius 3 is 2.69 bits per heavy atom. The van der Waals surface area contributed by atoms with Gasteiger partial charge < -0.3 is 0 Å². The third kappa shape index (κ3) is 1.63. The van der Waals surface area contributed by atoms with Crippen molar-refractivity contribution in [1.82, 2.24) is 4.98 Å². The Hall–Kier alpha value is -2.65. The standard InChI is InChI=1S/C13H6N3/c14-8-10-4-3-5-11(12(10)9-15)13-6-1-2-7-16-13/h2-7H. The second-order valence-corrected chi connectivity index (χ2v) is 3.09. The molecule has 0 unspecified atom stereocenters. The van der Waals surface area contributed by atoms with Crippen LogP contribution in [0.1, 0.15) is 11.1 Å². The molecule has 1 aromatic heterocycles. The van der Waals surface area contributed by atoms with Crippen LogP contribution in [0.15, 0.2) is 36.5 Å². The van der Waals surface area contributed by atoms with Crippen LogP contribution in [0.2, 0.25) is 0 Å². The van der Waals surface area contributed by atoms with Crippen LogP contribution in [0.4, 0.5) is 0 Å². The molecule has 1 heterocycles. The molecule has 2 aromatic rings. The van der Waals surface area contributed by atoms with Crippen molar-refractivity contribution in [1.29, 1.82) is 10.5 Å². The van der Waals surface area contributed by atoms with E-state index in [4.69, 9.17) is 10.5 Å². The average Bonchev–Trinajstić information content (AvgIpc) is 2.38. The molecule has 16 heavy (non-hydrogen) atoms. The molecule has 0 saturated heterocycles. The molecular formula is C13H6N3. The molecule has 3 heteroatoms. The predicted molar refractivity (Wildman–Crippen MR) is 57.9 cm³/mol. The SMILES string of the molecule is N#Cc1cccc(-c2c[c]ccn2)c1C#N. The van der Waals surface area contributed by atoms with E-state index in [0.717, 1.165) is 0 Å². The molecule has 0 bridgehead atoms. The van der Waals surface area contributed by atoms with Crippen LogP contribution in [-0.4, -0.2) is 4.98 Å². The number of aromatic nitrogens is 1. The Labute approximate surface area is 93.2 Å². The van der Waals surface area contributed by atoms with E-state index < -0.39 is 0 Å². The quantitative estimate of drug-likeness (QED) is 0.716. The molecule has 0 spiro atoms. The highest BCUT2D eigenvalue weighted by Gasteiger charge is 2.09. The normalized spacial score (nSPS) is 9.12. The van der Waals surface area contributed by atoms with Crippen molar-refractivity contribution in [2.45, 2.75) is 0 Å². The van der Waals surface area contributed by atoms with Crippen LogP contribution in [0.25, 0.3) is 11.3 Å². The molecular weight excluding hydrogens is 198 g/mol. The number of benzene rings is 1. The molecule has 2 rings (SSSR count). The summed E-state index contributed by atoms with van der Waals surface area (Å²) in [6.07, 6.45) is 1.61. The van der Waals surface area contributed by atoms with Gasteiger partial charge in [-0.15, -0.1) is 0 Å². The van der Waals surface area contributed by atoms with Crippen molar-refractivity contribution in [3.63, 3.8) is 0 Å². The Balaban J connectivity index is 2.69. The summed E-state index contributed by atoms with van der Waals surface area (Å²) in [6, 6.07) is 15.4. The molecule has 3 nitrogen and oxygen atoms in total. The smallest absolute Gasteiger partial charge is 0.101 e. The van der Waals surface area contributed by atoms with Crippen molar-refractivity contribution in [2.75, 3.05) is 0 Å². The average molecular weight is 204 g/mol. The Morgan fingerprint density at radius 2 is 2.06 bits per heavy atom. The largest absolute Gasteiger partial charge is 0.256 e. The minimum absolute atomic E-state index is 0.358. The van der Waals surface area contributed by atoms with Crippen molar-refractivity contribution >= 4 is 0 Å². The molecule has 0 N–H and O–H groups in total. The second kappa shape index (κ2) is 4.25. The zero-order valence-electron chi connectivity index (χ0n) is 8.31. The first-order chi connectivity index (χ1) is 7.86. The third-order valence-electron chi connectivity index (χ3n) is 2.18. The van der Waals surface area contributed by atoms with E-state index in [1.165, 1.54) is 0 Å². The van der Waals surface area contributed by atoms with E-state index in [9.17, 15) is 0 Å². The van der Waals surface area contributed by atoms with Gasteiger partial charge in [-0.1, -0.05) is 12.1 Å². The maximum Gasteiger partial charge on any atom is 0.101 e. The molecule has 0 amide bonds. The molecule has 0 saturated carbocycles. The van der Waals surface area contributed by atoms with Gasteiger partial charge in [-0.05, 0) is 24.3 Å². The van der Waals surface area contributed by atoms with Gasteiger partial charge >= 0.3 is 0 Å². The lowest BCUT2D eigenvalue weighted by Crippen LogP contribution is -1.90. The highest BCUT2D eigenvalue weighted by molar-refractivity contribution is 5.70. The third-order valence-corrected chi connectivity index (χ3v) is 2.18. The van der Waals surface area contributed by atoms with Gasteiger partial charge in [-0.25, -0.2) is 0 Å². The minimum atomic E-state index is 0.358. The van der Waals surface area contributed by atoms with Crippen LogP contribution in [-0.2, 0) is 0 Å². The van der Waals surface area contributed by atoms with Crippen molar-refractivity contribution < 1.29 is 0 Å². The Morgan fingerprint density at radius 1 is 1.19 bits per heavy atom. The molecule has 73 valence electrons. The topological polar surface area (TPSA) is 60.5 Å². The van der Waals surface area contributed by atoms with Gasteiger partial charge in [0.1, 0.15) is 12.1 Å². The zero-order valence-corrected chi connectivity index (χ0v) is 8.31. The summed E-state index contributed by atoms with van der Waals surface area (Å²) in [4.78, 5) is 4.14. The maximum atomic E-state index is 9.05. The number of hydrogen-bond acceptors (Lipinski definition) is 3. The Kier molecular flexibility index (Phi) is 2.63. The van der Waals surface area contributed by atoms with Crippen molar-refractivity contribution in [3.05, 3.63) is 53.7 Å².